The largest absolute Gasteiger partial charge is 0.395 e. The molecule has 0 atom stereocenters. The molecule has 5 nitrogen and oxygen atoms in total. The standard InChI is InChI=1S/C15H14ClN3O2S/c16-13-3-1-2-12(8-13)14-17-15(21-18-14)19(5-6-20)9-11-4-7-22-10-11/h1-4,7-8,10,20H,5-6,9H2. The van der Waals surface area contributed by atoms with E-state index in [4.69, 9.17) is 16.1 Å². The molecule has 7 heteroatoms. The van der Waals surface area contributed by atoms with Crippen molar-refractivity contribution in [3.05, 3.63) is 51.7 Å². The average Bonchev–Trinajstić information content (AvgIpc) is 3.18. The Morgan fingerprint density at radius 3 is 2.95 bits per heavy atom. The predicted octanol–water partition coefficient (Wildman–Crippen LogP) is 3.45. The number of aromatic nitrogens is 2. The van der Waals surface area contributed by atoms with Crippen LogP contribution in [0.4, 0.5) is 6.01 Å². The van der Waals surface area contributed by atoms with Crippen molar-refractivity contribution < 1.29 is 9.63 Å². The maximum Gasteiger partial charge on any atom is 0.324 e. The van der Waals surface area contributed by atoms with Crippen molar-refractivity contribution in [1.29, 1.82) is 0 Å². The summed E-state index contributed by atoms with van der Waals surface area (Å²) in [7, 11) is 0. The molecule has 0 unspecified atom stereocenters. The number of rotatable bonds is 6. The molecule has 1 N–H and O–H groups in total. The first kappa shape index (κ1) is 15.0. The molecule has 0 aliphatic rings. The first-order valence-corrected chi connectivity index (χ1v) is 8.05. The first-order chi connectivity index (χ1) is 10.8. The third kappa shape index (κ3) is 3.47. The first-order valence-electron chi connectivity index (χ1n) is 6.73. The number of nitrogens with zero attached hydrogens (tertiary/aromatic N) is 3. The van der Waals surface area contributed by atoms with E-state index in [2.05, 4.69) is 15.5 Å². The Morgan fingerprint density at radius 1 is 1.32 bits per heavy atom. The molecule has 0 radical (unpaired) electrons. The van der Waals surface area contributed by atoms with E-state index in [0.29, 0.717) is 30.0 Å². The van der Waals surface area contributed by atoms with Gasteiger partial charge in [0.2, 0.25) is 5.82 Å². The van der Waals surface area contributed by atoms with E-state index in [1.54, 1.807) is 23.5 Å². The van der Waals surface area contributed by atoms with Crippen LogP contribution in [0.1, 0.15) is 5.56 Å². The molecular formula is C15H14ClN3O2S. The monoisotopic (exact) mass is 335 g/mol. The Morgan fingerprint density at radius 2 is 2.23 bits per heavy atom. The van der Waals surface area contributed by atoms with E-state index >= 15 is 0 Å². The van der Waals surface area contributed by atoms with E-state index in [9.17, 15) is 5.11 Å². The van der Waals surface area contributed by atoms with Crippen LogP contribution >= 0.6 is 22.9 Å². The molecule has 0 spiro atoms. The number of benzene rings is 1. The Hall–Kier alpha value is -1.89. The van der Waals surface area contributed by atoms with Gasteiger partial charge >= 0.3 is 6.01 Å². The lowest BCUT2D eigenvalue weighted by molar-refractivity contribution is 0.295. The number of aliphatic hydroxyl groups is 1. The highest BCUT2D eigenvalue weighted by Crippen LogP contribution is 2.23. The zero-order chi connectivity index (χ0) is 15.4. The van der Waals surface area contributed by atoms with Crippen molar-refractivity contribution in [3.63, 3.8) is 0 Å². The third-order valence-electron chi connectivity index (χ3n) is 3.09. The Balaban J connectivity index is 1.83. The molecule has 0 bridgehead atoms. The molecule has 0 fully saturated rings. The smallest absolute Gasteiger partial charge is 0.324 e. The summed E-state index contributed by atoms with van der Waals surface area (Å²) in [5.41, 5.74) is 1.93. The van der Waals surface area contributed by atoms with Crippen LogP contribution in [0.5, 0.6) is 0 Å². The lowest BCUT2D eigenvalue weighted by Gasteiger charge is -2.17. The van der Waals surface area contributed by atoms with E-state index < -0.39 is 0 Å². The topological polar surface area (TPSA) is 62.4 Å². The number of anilines is 1. The van der Waals surface area contributed by atoms with Gasteiger partial charge in [0.25, 0.3) is 0 Å². The van der Waals surface area contributed by atoms with Crippen molar-refractivity contribution in [2.24, 2.45) is 0 Å². The second-order valence-electron chi connectivity index (χ2n) is 4.69. The zero-order valence-electron chi connectivity index (χ0n) is 11.6. The van der Waals surface area contributed by atoms with Gasteiger partial charge in [0.1, 0.15) is 0 Å². The van der Waals surface area contributed by atoms with Crippen molar-refractivity contribution >= 4 is 29.0 Å². The van der Waals surface area contributed by atoms with Gasteiger partial charge in [-0.15, -0.1) is 0 Å². The quantitative estimate of drug-likeness (QED) is 0.747. The predicted molar refractivity (Wildman–Crippen MR) is 87.2 cm³/mol. The summed E-state index contributed by atoms with van der Waals surface area (Å²) in [6.07, 6.45) is 0. The van der Waals surface area contributed by atoms with E-state index in [1.807, 2.05) is 28.5 Å². The minimum Gasteiger partial charge on any atom is -0.395 e. The second kappa shape index (κ2) is 6.91. The molecule has 3 rings (SSSR count). The minimum atomic E-state index is 0.0129. The molecule has 3 aromatic rings. The highest BCUT2D eigenvalue weighted by Gasteiger charge is 2.16. The van der Waals surface area contributed by atoms with Crippen LogP contribution in [-0.4, -0.2) is 28.4 Å². The molecule has 0 saturated heterocycles. The minimum absolute atomic E-state index is 0.0129. The SMILES string of the molecule is OCCN(Cc1ccsc1)c1nc(-c2cccc(Cl)c2)no1. The molecule has 22 heavy (non-hydrogen) atoms. The van der Waals surface area contributed by atoms with Crippen LogP contribution in [0, 0.1) is 0 Å². The van der Waals surface area contributed by atoms with Gasteiger partial charge in [-0.25, -0.2) is 0 Å². The molecular weight excluding hydrogens is 322 g/mol. The van der Waals surface area contributed by atoms with Gasteiger partial charge in [0.05, 0.1) is 6.61 Å². The summed E-state index contributed by atoms with van der Waals surface area (Å²) < 4.78 is 5.34. The average molecular weight is 336 g/mol. The van der Waals surface area contributed by atoms with Gasteiger partial charge in [-0.3, -0.25) is 0 Å². The Bertz CT molecular complexity index is 730. The number of halogens is 1. The molecule has 2 heterocycles. The van der Waals surface area contributed by atoms with Crippen molar-refractivity contribution in [3.8, 4) is 11.4 Å². The van der Waals surface area contributed by atoms with Crippen LogP contribution in [0.2, 0.25) is 5.02 Å². The van der Waals surface area contributed by atoms with E-state index in [1.165, 1.54) is 0 Å². The van der Waals surface area contributed by atoms with Gasteiger partial charge in [-0.2, -0.15) is 16.3 Å². The number of hydrogen-bond acceptors (Lipinski definition) is 6. The molecule has 0 aliphatic carbocycles. The van der Waals surface area contributed by atoms with Gasteiger partial charge in [0, 0.05) is 23.7 Å². The number of thiophene rings is 1. The van der Waals surface area contributed by atoms with Crippen LogP contribution in [0.25, 0.3) is 11.4 Å². The summed E-state index contributed by atoms with van der Waals surface area (Å²) in [6, 6.07) is 9.70. The van der Waals surface area contributed by atoms with Gasteiger partial charge in [0.15, 0.2) is 0 Å². The normalized spacial score (nSPS) is 10.8. The summed E-state index contributed by atoms with van der Waals surface area (Å²) in [5.74, 6) is 0.478. The highest BCUT2D eigenvalue weighted by atomic mass is 35.5. The fourth-order valence-electron chi connectivity index (χ4n) is 2.05. The van der Waals surface area contributed by atoms with Crippen LogP contribution in [-0.2, 0) is 6.54 Å². The summed E-state index contributed by atoms with van der Waals surface area (Å²) in [5, 5.41) is 17.9. The van der Waals surface area contributed by atoms with Crippen molar-refractivity contribution in [2.75, 3.05) is 18.1 Å². The lowest BCUT2D eigenvalue weighted by atomic mass is 10.2. The van der Waals surface area contributed by atoms with Crippen LogP contribution < -0.4 is 4.90 Å². The highest BCUT2D eigenvalue weighted by molar-refractivity contribution is 7.07. The summed E-state index contributed by atoms with van der Waals surface area (Å²) in [4.78, 5) is 6.25. The molecule has 1 aromatic carbocycles. The van der Waals surface area contributed by atoms with E-state index in [-0.39, 0.29) is 6.61 Å². The summed E-state index contributed by atoms with van der Waals surface area (Å²) in [6.45, 7) is 1.05. The molecule has 2 aromatic heterocycles. The maximum absolute atomic E-state index is 9.24. The second-order valence-corrected chi connectivity index (χ2v) is 5.90. The molecule has 0 aliphatic heterocycles. The van der Waals surface area contributed by atoms with Crippen LogP contribution in [0.15, 0.2) is 45.6 Å². The molecule has 0 amide bonds. The van der Waals surface area contributed by atoms with Gasteiger partial charge in [-0.05, 0) is 34.5 Å². The van der Waals surface area contributed by atoms with Crippen molar-refractivity contribution in [1.82, 2.24) is 10.1 Å². The van der Waals surface area contributed by atoms with Gasteiger partial charge in [-0.1, -0.05) is 28.9 Å². The lowest BCUT2D eigenvalue weighted by Crippen LogP contribution is -2.26. The Kier molecular flexibility index (Phi) is 4.72. The Labute approximate surface area is 136 Å². The third-order valence-corrected chi connectivity index (χ3v) is 4.06. The van der Waals surface area contributed by atoms with E-state index in [0.717, 1.165) is 11.1 Å². The van der Waals surface area contributed by atoms with Crippen LogP contribution in [0.3, 0.4) is 0 Å². The number of aliphatic hydroxyl groups excluding tert-OH is 1. The zero-order valence-corrected chi connectivity index (χ0v) is 13.2. The van der Waals surface area contributed by atoms with Gasteiger partial charge < -0.3 is 14.5 Å². The fourth-order valence-corrected chi connectivity index (χ4v) is 2.90. The molecule has 114 valence electrons. The maximum atomic E-state index is 9.24. The summed E-state index contributed by atoms with van der Waals surface area (Å²) >= 11 is 7.61. The fraction of sp³-hybridized carbons (Fsp3) is 0.200. The molecule has 0 saturated carbocycles. The van der Waals surface area contributed by atoms with Crippen molar-refractivity contribution in [2.45, 2.75) is 6.54 Å². The number of hydrogen-bond donors (Lipinski definition) is 1.